The Bertz CT molecular complexity index is 335. The molecule has 1 amide bonds. The number of amides is 1. The van der Waals surface area contributed by atoms with Crippen LogP contribution in [-0.2, 0) is 14.3 Å². The maximum atomic E-state index is 11.7. The molecule has 0 saturated heterocycles. The van der Waals surface area contributed by atoms with E-state index in [9.17, 15) is 9.59 Å². The zero-order valence-electron chi connectivity index (χ0n) is 12.5. The molecule has 3 unspecified atom stereocenters. The van der Waals surface area contributed by atoms with Gasteiger partial charge < -0.3 is 14.8 Å². The highest BCUT2D eigenvalue weighted by molar-refractivity contribution is 5.72. The molecule has 0 spiro atoms. The smallest absolute Gasteiger partial charge is 0.407 e. The molecule has 19 heavy (non-hydrogen) atoms. The minimum atomic E-state index is -0.485. The minimum Gasteiger partial charge on any atom is -0.469 e. The first-order valence-corrected chi connectivity index (χ1v) is 6.80. The van der Waals surface area contributed by atoms with Crippen LogP contribution in [0.25, 0.3) is 0 Å². The van der Waals surface area contributed by atoms with E-state index < -0.39 is 5.60 Å². The van der Waals surface area contributed by atoms with E-state index in [2.05, 4.69) is 5.32 Å². The maximum absolute atomic E-state index is 11.7. The third-order valence-electron chi connectivity index (χ3n) is 3.47. The van der Waals surface area contributed by atoms with Gasteiger partial charge in [-0.05, 0) is 46.0 Å². The molecule has 1 saturated carbocycles. The van der Waals surface area contributed by atoms with E-state index in [1.165, 1.54) is 7.11 Å². The van der Waals surface area contributed by atoms with E-state index in [1.807, 2.05) is 27.7 Å². The van der Waals surface area contributed by atoms with E-state index >= 15 is 0 Å². The molecular formula is C14H25NO4. The summed E-state index contributed by atoms with van der Waals surface area (Å²) < 4.78 is 9.98. The predicted molar refractivity (Wildman–Crippen MR) is 71.7 cm³/mol. The molecule has 1 fully saturated rings. The number of hydrogen-bond donors (Lipinski definition) is 1. The molecule has 0 radical (unpaired) electrons. The standard InChI is InChI=1S/C14H25NO4/c1-9(12(16)18-5)10-6-7-11(8-10)15-13(17)19-14(2,3)4/h9-11H,6-8H2,1-5H3,(H,15,17). The second kappa shape index (κ2) is 6.26. The number of carbonyl (C=O) groups is 2. The van der Waals surface area contributed by atoms with Gasteiger partial charge in [-0.1, -0.05) is 6.92 Å². The van der Waals surface area contributed by atoms with Crippen molar-refractivity contribution in [3.63, 3.8) is 0 Å². The normalized spacial score (nSPS) is 24.7. The van der Waals surface area contributed by atoms with Crippen LogP contribution >= 0.6 is 0 Å². The number of hydrogen-bond acceptors (Lipinski definition) is 4. The lowest BCUT2D eigenvalue weighted by Crippen LogP contribution is -2.38. The number of carbonyl (C=O) groups excluding carboxylic acids is 2. The summed E-state index contributed by atoms with van der Waals surface area (Å²) in [7, 11) is 1.41. The average Bonchev–Trinajstić information content (AvgIpc) is 2.72. The third-order valence-corrected chi connectivity index (χ3v) is 3.47. The summed E-state index contributed by atoms with van der Waals surface area (Å²) in [4.78, 5) is 23.1. The lowest BCUT2D eigenvalue weighted by molar-refractivity contribution is -0.146. The van der Waals surface area contributed by atoms with Crippen molar-refractivity contribution in [2.45, 2.75) is 58.6 Å². The van der Waals surface area contributed by atoms with Gasteiger partial charge in [-0.3, -0.25) is 4.79 Å². The molecule has 5 heteroatoms. The largest absolute Gasteiger partial charge is 0.469 e. The summed E-state index contributed by atoms with van der Waals surface area (Å²) in [5.74, 6) is -0.0225. The monoisotopic (exact) mass is 271 g/mol. The molecule has 0 aromatic rings. The fourth-order valence-corrected chi connectivity index (χ4v) is 2.45. The Hall–Kier alpha value is -1.26. The summed E-state index contributed by atoms with van der Waals surface area (Å²) in [6.45, 7) is 7.39. The van der Waals surface area contributed by atoms with Gasteiger partial charge >= 0.3 is 12.1 Å². The number of nitrogens with one attached hydrogen (secondary N) is 1. The quantitative estimate of drug-likeness (QED) is 0.801. The van der Waals surface area contributed by atoms with E-state index in [1.54, 1.807) is 0 Å². The van der Waals surface area contributed by atoms with Gasteiger partial charge in [-0.15, -0.1) is 0 Å². The molecule has 1 N–H and O–H groups in total. The molecule has 0 bridgehead atoms. The van der Waals surface area contributed by atoms with E-state index in [-0.39, 0.29) is 29.9 Å². The van der Waals surface area contributed by atoms with Crippen molar-refractivity contribution in [3.05, 3.63) is 0 Å². The van der Waals surface area contributed by atoms with Crippen molar-refractivity contribution in [1.29, 1.82) is 0 Å². The Morgan fingerprint density at radius 1 is 1.26 bits per heavy atom. The summed E-state index contributed by atoms with van der Waals surface area (Å²) in [5, 5.41) is 2.86. The highest BCUT2D eigenvalue weighted by atomic mass is 16.6. The maximum Gasteiger partial charge on any atom is 0.407 e. The number of esters is 1. The van der Waals surface area contributed by atoms with Gasteiger partial charge in [-0.2, -0.15) is 0 Å². The zero-order chi connectivity index (χ0) is 14.6. The highest BCUT2D eigenvalue weighted by Gasteiger charge is 2.33. The molecule has 1 aliphatic carbocycles. The van der Waals surface area contributed by atoms with E-state index in [4.69, 9.17) is 9.47 Å². The van der Waals surface area contributed by atoms with Crippen LogP contribution in [0.3, 0.4) is 0 Å². The third kappa shape index (κ3) is 5.09. The molecule has 0 aliphatic heterocycles. The molecule has 1 aliphatic rings. The van der Waals surface area contributed by atoms with Crippen LogP contribution in [0.2, 0.25) is 0 Å². The predicted octanol–water partition coefficient (Wildman–Crippen LogP) is 2.49. The number of alkyl carbamates (subject to hydrolysis) is 1. The van der Waals surface area contributed by atoms with Crippen LogP contribution in [0.5, 0.6) is 0 Å². The van der Waals surface area contributed by atoms with Gasteiger partial charge in [0.25, 0.3) is 0 Å². The molecule has 0 aromatic heterocycles. The SMILES string of the molecule is COC(=O)C(C)C1CCC(NC(=O)OC(C)(C)C)C1. The summed E-state index contributed by atoms with van der Waals surface area (Å²) in [5.41, 5.74) is -0.485. The molecule has 0 aromatic carbocycles. The molecule has 5 nitrogen and oxygen atoms in total. The second-order valence-corrected chi connectivity index (χ2v) is 6.23. The second-order valence-electron chi connectivity index (χ2n) is 6.23. The van der Waals surface area contributed by atoms with E-state index in [0.29, 0.717) is 0 Å². The Morgan fingerprint density at radius 3 is 2.42 bits per heavy atom. The molecular weight excluding hydrogens is 246 g/mol. The lowest BCUT2D eigenvalue weighted by atomic mass is 9.92. The Kier molecular flexibility index (Phi) is 5.20. The summed E-state index contributed by atoms with van der Waals surface area (Å²) in [6, 6.07) is 0.0898. The Labute approximate surface area is 115 Å². The topological polar surface area (TPSA) is 64.6 Å². The Morgan fingerprint density at radius 2 is 1.89 bits per heavy atom. The highest BCUT2D eigenvalue weighted by Crippen LogP contribution is 2.32. The van der Waals surface area contributed by atoms with Gasteiger partial charge in [0.05, 0.1) is 13.0 Å². The number of ether oxygens (including phenoxy) is 2. The summed E-state index contributed by atoms with van der Waals surface area (Å²) >= 11 is 0. The molecule has 0 heterocycles. The van der Waals surface area contributed by atoms with Crippen LogP contribution < -0.4 is 5.32 Å². The molecule has 1 rings (SSSR count). The molecule has 3 atom stereocenters. The minimum absolute atomic E-state index is 0.0898. The van der Waals surface area contributed by atoms with Gasteiger partial charge in [0.15, 0.2) is 0 Å². The van der Waals surface area contributed by atoms with Gasteiger partial charge in [0.2, 0.25) is 0 Å². The van der Waals surface area contributed by atoms with Crippen molar-refractivity contribution >= 4 is 12.1 Å². The van der Waals surface area contributed by atoms with Gasteiger partial charge in [-0.25, -0.2) is 4.79 Å². The first kappa shape index (κ1) is 15.8. The summed E-state index contributed by atoms with van der Waals surface area (Å²) in [6.07, 6.45) is 2.22. The average molecular weight is 271 g/mol. The van der Waals surface area contributed by atoms with Gasteiger partial charge in [0.1, 0.15) is 5.60 Å². The van der Waals surface area contributed by atoms with Crippen molar-refractivity contribution in [2.75, 3.05) is 7.11 Å². The van der Waals surface area contributed by atoms with Crippen LogP contribution in [0.4, 0.5) is 4.79 Å². The zero-order valence-corrected chi connectivity index (χ0v) is 12.5. The first-order valence-electron chi connectivity index (χ1n) is 6.80. The Balaban J connectivity index is 2.40. The van der Waals surface area contributed by atoms with Crippen molar-refractivity contribution in [2.24, 2.45) is 11.8 Å². The van der Waals surface area contributed by atoms with Crippen LogP contribution in [0, 0.1) is 11.8 Å². The van der Waals surface area contributed by atoms with Crippen LogP contribution in [0.15, 0.2) is 0 Å². The van der Waals surface area contributed by atoms with E-state index in [0.717, 1.165) is 19.3 Å². The first-order chi connectivity index (χ1) is 8.73. The molecule has 110 valence electrons. The van der Waals surface area contributed by atoms with Crippen LogP contribution in [0.1, 0.15) is 47.0 Å². The van der Waals surface area contributed by atoms with Crippen molar-refractivity contribution < 1.29 is 19.1 Å². The fourth-order valence-electron chi connectivity index (χ4n) is 2.45. The lowest BCUT2D eigenvalue weighted by Gasteiger charge is -2.22. The number of rotatable bonds is 3. The van der Waals surface area contributed by atoms with Gasteiger partial charge in [0, 0.05) is 6.04 Å². The van der Waals surface area contributed by atoms with Crippen LogP contribution in [-0.4, -0.2) is 30.8 Å². The van der Waals surface area contributed by atoms with Crippen molar-refractivity contribution in [1.82, 2.24) is 5.32 Å². The fraction of sp³-hybridized carbons (Fsp3) is 0.857. The number of methoxy groups -OCH3 is 1. The van der Waals surface area contributed by atoms with Crippen molar-refractivity contribution in [3.8, 4) is 0 Å².